The second-order valence-corrected chi connectivity index (χ2v) is 4.53. The van der Waals surface area contributed by atoms with Gasteiger partial charge in [0, 0.05) is 23.3 Å². The summed E-state index contributed by atoms with van der Waals surface area (Å²) >= 11 is 0. The topological polar surface area (TPSA) is 30.2 Å². The van der Waals surface area contributed by atoms with Gasteiger partial charge in [0.1, 0.15) is 11.2 Å². The molecule has 2 aromatic carbocycles. The maximum absolute atomic E-state index is 13.0. The van der Waals surface area contributed by atoms with E-state index < -0.39 is 11.7 Å². The van der Waals surface area contributed by atoms with Gasteiger partial charge >= 0.3 is 5.92 Å². The first kappa shape index (κ1) is 11.8. The second kappa shape index (κ2) is 3.88. The molecule has 0 saturated carbocycles. The third-order valence-electron chi connectivity index (χ3n) is 3.04. The molecule has 96 valence electrons. The lowest BCUT2D eigenvalue weighted by Crippen LogP contribution is -2.24. The van der Waals surface area contributed by atoms with Gasteiger partial charge in [-0.1, -0.05) is 24.3 Å². The zero-order chi connectivity index (χ0) is 13.6. The molecular formula is C15H10F2O2. The molecule has 1 aromatic heterocycles. The maximum atomic E-state index is 13.0. The molecule has 0 atom stereocenters. The summed E-state index contributed by atoms with van der Waals surface area (Å²) < 4.78 is 31.6. The fraction of sp³-hybridized carbons (Fsp3) is 0.133. The van der Waals surface area contributed by atoms with Crippen LogP contribution in [0.5, 0.6) is 0 Å². The summed E-state index contributed by atoms with van der Waals surface area (Å²) in [5.41, 5.74) is 1.07. The Kier molecular flexibility index (Phi) is 2.42. The zero-order valence-electron chi connectivity index (χ0n) is 10.1. The molecule has 0 N–H and O–H groups in total. The van der Waals surface area contributed by atoms with Crippen molar-refractivity contribution in [2.45, 2.75) is 12.8 Å². The number of carbonyl (C=O) groups excluding carboxylic acids is 1. The van der Waals surface area contributed by atoms with E-state index in [1.165, 1.54) is 12.1 Å². The lowest BCUT2D eigenvalue weighted by molar-refractivity contribution is 0.0222. The molecule has 0 amide bonds. The first-order valence-corrected chi connectivity index (χ1v) is 5.81. The summed E-state index contributed by atoms with van der Waals surface area (Å²) in [6.45, 7) is 0.595. The Bertz CT molecular complexity index is 782. The van der Waals surface area contributed by atoms with Crippen molar-refractivity contribution in [2.75, 3.05) is 0 Å². The van der Waals surface area contributed by atoms with Crippen molar-refractivity contribution in [3.63, 3.8) is 0 Å². The van der Waals surface area contributed by atoms with E-state index in [-0.39, 0.29) is 5.56 Å². The molecular weight excluding hydrogens is 250 g/mol. The number of rotatable bonds is 2. The molecule has 0 fully saturated rings. The van der Waals surface area contributed by atoms with Gasteiger partial charge in [-0.3, -0.25) is 4.79 Å². The summed E-state index contributed by atoms with van der Waals surface area (Å²) in [5, 5.41) is 1.71. The van der Waals surface area contributed by atoms with Crippen LogP contribution in [-0.4, -0.2) is 11.7 Å². The van der Waals surface area contributed by atoms with Crippen LogP contribution in [0.15, 0.2) is 46.9 Å². The normalized spacial score (nSPS) is 12.2. The second-order valence-electron chi connectivity index (χ2n) is 4.53. The molecule has 2 nitrogen and oxygen atoms in total. The molecule has 0 radical (unpaired) electrons. The molecule has 0 aliphatic carbocycles. The first-order valence-electron chi connectivity index (χ1n) is 5.81. The van der Waals surface area contributed by atoms with Crippen molar-refractivity contribution >= 4 is 27.7 Å². The number of ketones is 1. The van der Waals surface area contributed by atoms with E-state index in [1.807, 2.05) is 18.2 Å². The van der Waals surface area contributed by atoms with Crippen molar-refractivity contribution < 1.29 is 18.0 Å². The monoisotopic (exact) mass is 260 g/mol. The largest absolute Gasteiger partial charge is 0.456 e. The van der Waals surface area contributed by atoms with Crippen molar-refractivity contribution in [2.24, 2.45) is 0 Å². The average Bonchev–Trinajstić information content (AvgIpc) is 2.74. The number of benzene rings is 2. The number of alkyl halides is 2. The van der Waals surface area contributed by atoms with Crippen LogP contribution in [0.1, 0.15) is 17.3 Å². The molecule has 0 spiro atoms. The van der Waals surface area contributed by atoms with E-state index in [0.29, 0.717) is 18.1 Å². The number of halogens is 2. The van der Waals surface area contributed by atoms with E-state index >= 15 is 0 Å². The first-order chi connectivity index (χ1) is 8.97. The highest BCUT2D eigenvalue weighted by Gasteiger charge is 2.33. The molecule has 3 rings (SSSR count). The summed E-state index contributed by atoms with van der Waals surface area (Å²) in [6.07, 6.45) is 0. The Labute approximate surface area is 107 Å². The van der Waals surface area contributed by atoms with Gasteiger partial charge in [-0.25, -0.2) is 0 Å². The molecule has 3 aromatic rings. The lowest BCUT2D eigenvalue weighted by atomic mass is 10.0. The van der Waals surface area contributed by atoms with Gasteiger partial charge in [0.15, 0.2) is 0 Å². The quantitative estimate of drug-likeness (QED) is 0.638. The summed E-state index contributed by atoms with van der Waals surface area (Å²) in [7, 11) is 0. The van der Waals surface area contributed by atoms with E-state index in [9.17, 15) is 13.6 Å². The Morgan fingerprint density at radius 2 is 1.74 bits per heavy atom. The summed E-state index contributed by atoms with van der Waals surface area (Å²) in [4.78, 5) is 11.5. The van der Waals surface area contributed by atoms with Crippen LogP contribution in [0, 0.1) is 0 Å². The van der Waals surface area contributed by atoms with Crippen LogP contribution in [-0.2, 0) is 0 Å². The van der Waals surface area contributed by atoms with Crippen LogP contribution in [0.4, 0.5) is 8.78 Å². The average molecular weight is 260 g/mol. The standard InChI is InChI=1S/C15H10F2O2/c1-15(16,17)14(18)9-6-7-11-10-4-2-3-5-12(10)19-13(11)8-9/h2-8H,1H3. The Balaban J connectivity index is 2.22. The van der Waals surface area contributed by atoms with Gasteiger partial charge in [0.2, 0.25) is 5.78 Å². The Morgan fingerprint density at radius 3 is 2.47 bits per heavy atom. The van der Waals surface area contributed by atoms with Crippen LogP contribution in [0.3, 0.4) is 0 Å². The molecule has 19 heavy (non-hydrogen) atoms. The Morgan fingerprint density at radius 1 is 1.05 bits per heavy atom. The highest BCUT2D eigenvalue weighted by atomic mass is 19.3. The number of Topliss-reactive ketones (excluding diaryl/α,β-unsaturated/α-hetero) is 1. The van der Waals surface area contributed by atoms with Gasteiger partial charge < -0.3 is 4.42 Å². The molecule has 0 unspecified atom stereocenters. The van der Waals surface area contributed by atoms with Crippen LogP contribution in [0.2, 0.25) is 0 Å². The predicted octanol–water partition coefficient (Wildman–Crippen LogP) is 4.42. The van der Waals surface area contributed by atoms with Crippen LogP contribution in [0.25, 0.3) is 21.9 Å². The summed E-state index contributed by atoms with van der Waals surface area (Å²) in [5.74, 6) is -4.57. The maximum Gasteiger partial charge on any atom is 0.307 e. The highest BCUT2D eigenvalue weighted by Crippen LogP contribution is 2.30. The fourth-order valence-electron chi connectivity index (χ4n) is 2.12. The van der Waals surface area contributed by atoms with Gasteiger partial charge in [-0.05, 0) is 18.2 Å². The number of hydrogen-bond donors (Lipinski definition) is 0. The molecule has 0 saturated heterocycles. The minimum absolute atomic E-state index is 0.0425. The molecule has 1 heterocycles. The smallest absolute Gasteiger partial charge is 0.307 e. The minimum atomic E-state index is -3.38. The number of carbonyl (C=O) groups is 1. The number of hydrogen-bond acceptors (Lipinski definition) is 2. The van der Waals surface area contributed by atoms with E-state index in [2.05, 4.69) is 0 Å². The number of fused-ring (bicyclic) bond motifs is 3. The number of para-hydroxylation sites is 1. The van der Waals surface area contributed by atoms with Crippen molar-refractivity contribution in [3.8, 4) is 0 Å². The minimum Gasteiger partial charge on any atom is -0.456 e. The molecule has 4 heteroatoms. The summed E-state index contributed by atoms with van der Waals surface area (Å²) in [6, 6.07) is 11.8. The van der Waals surface area contributed by atoms with Crippen molar-refractivity contribution in [1.29, 1.82) is 0 Å². The Hall–Kier alpha value is -2.23. The third kappa shape index (κ3) is 1.89. The lowest BCUT2D eigenvalue weighted by Gasteiger charge is -2.08. The SMILES string of the molecule is CC(F)(F)C(=O)c1ccc2c(c1)oc1ccccc12. The number of furan rings is 1. The zero-order valence-corrected chi connectivity index (χ0v) is 10.1. The van der Waals surface area contributed by atoms with Crippen LogP contribution >= 0.6 is 0 Å². The van der Waals surface area contributed by atoms with E-state index in [0.717, 1.165) is 10.8 Å². The van der Waals surface area contributed by atoms with Crippen molar-refractivity contribution in [3.05, 3.63) is 48.0 Å². The van der Waals surface area contributed by atoms with Gasteiger partial charge in [-0.15, -0.1) is 0 Å². The van der Waals surface area contributed by atoms with Gasteiger partial charge in [0.05, 0.1) is 0 Å². The highest BCUT2D eigenvalue weighted by molar-refractivity contribution is 6.09. The third-order valence-corrected chi connectivity index (χ3v) is 3.04. The van der Waals surface area contributed by atoms with Gasteiger partial charge in [0.25, 0.3) is 0 Å². The molecule has 0 aliphatic rings. The van der Waals surface area contributed by atoms with E-state index in [1.54, 1.807) is 12.1 Å². The molecule has 0 aliphatic heterocycles. The van der Waals surface area contributed by atoms with Gasteiger partial charge in [-0.2, -0.15) is 8.78 Å². The van der Waals surface area contributed by atoms with Crippen molar-refractivity contribution in [1.82, 2.24) is 0 Å². The predicted molar refractivity (Wildman–Crippen MR) is 68.7 cm³/mol. The van der Waals surface area contributed by atoms with Crippen LogP contribution < -0.4 is 0 Å². The van der Waals surface area contributed by atoms with E-state index in [4.69, 9.17) is 4.42 Å². The fourth-order valence-corrected chi connectivity index (χ4v) is 2.12. The molecule has 0 bridgehead atoms.